The Morgan fingerprint density at radius 2 is 2.00 bits per heavy atom. The fourth-order valence-electron chi connectivity index (χ4n) is 2.13. The van der Waals surface area contributed by atoms with Gasteiger partial charge in [0.1, 0.15) is 17.3 Å². The van der Waals surface area contributed by atoms with E-state index in [-0.39, 0.29) is 17.2 Å². The zero-order chi connectivity index (χ0) is 17.5. The van der Waals surface area contributed by atoms with E-state index in [9.17, 15) is 9.59 Å². The van der Waals surface area contributed by atoms with Crippen LogP contribution in [0.3, 0.4) is 0 Å². The van der Waals surface area contributed by atoms with Crippen molar-refractivity contribution < 1.29 is 9.53 Å². The summed E-state index contributed by atoms with van der Waals surface area (Å²) in [7, 11) is 5.45. The Hall–Kier alpha value is -2.67. The van der Waals surface area contributed by atoms with Gasteiger partial charge in [-0.05, 0) is 31.8 Å². The minimum atomic E-state index is -0.348. The number of aromatic amines is 1. The lowest BCUT2D eigenvalue weighted by Gasteiger charge is -2.10. The molecule has 7 heteroatoms. The smallest absolute Gasteiger partial charge is 0.270 e. The average molecular weight is 330 g/mol. The second kappa shape index (κ2) is 8.26. The van der Waals surface area contributed by atoms with Crippen LogP contribution >= 0.6 is 0 Å². The zero-order valence-corrected chi connectivity index (χ0v) is 14.1. The number of carbonyl (C=O) groups excluding carboxylic acids is 1. The molecule has 0 bridgehead atoms. The molecular formula is C17H22N4O3. The van der Waals surface area contributed by atoms with Crippen LogP contribution in [0.2, 0.25) is 0 Å². The van der Waals surface area contributed by atoms with E-state index in [2.05, 4.69) is 15.3 Å². The number of methoxy groups -OCH3 is 1. The number of nitrogens with one attached hydrogen (secondary N) is 2. The van der Waals surface area contributed by atoms with Crippen LogP contribution in [0.4, 0.5) is 0 Å². The quantitative estimate of drug-likeness (QED) is 0.779. The topological polar surface area (TPSA) is 87.3 Å². The number of likely N-dealkylation sites (N-methyl/N-ethyl adjacent to an activating group) is 1. The Morgan fingerprint density at radius 3 is 2.62 bits per heavy atom. The maximum absolute atomic E-state index is 12.1. The lowest BCUT2D eigenvalue weighted by atomic mass is 10.1. The van der Waals surface area contributed by atoms with Crippen molar-refractivity contribution in [2.75, 3.05) is 34.3 Å². The molecular weight excluding hydrogens is 308 g/mol. The number of ether oxygens (including phenoxy) is 1. The van der Waals surface area contributed by atoms with Gasteiger partial charge in [-0.15, -0.1) is 0 Å². The molecule has 0 aliphatic carbocycles. The van der Waals surface area contributed by atoms with E-state index in [0.717, 1.165) is 11.3 Å². The standard InChI is InChI=1S/C17H22N4O3/c1-21(2)9-8-18-17(23)14-11-16(22)20-15(19-14)10-12-4-6-13(24-3)7-5-12/h4-7,11H,8-10H2,1-3H3,(H,18,23)(H,19,20,22). The van der Waals surface area contributed by atoms with E-state index in [1.54, 1.807) is 7.11 Å². The fraction of sp³-hybridized carbons (Fsp3) is 0.353. The van der Waals surface area contributed by atoms with Gasteiger partial charge in [-0.2, -0.15) is 0 Å². The van der Waals surface area contributed by atoms with Crippen LogP contribution in [0.25, 0.3) is 0 Å². The number of H-pyrrole nitrogens is 1. The van der Waals surface area contributed by atoms with Gasteiger partial charge in [0.05, 0.1) is 7.11 Å². The van der Waals surface area contributed by atoms with Crippen molar-refractivity contribution in [3.05, 3.63) is 57.8 Å². The maximum atomic E-state index is 12.1. The molecule has 0 atom stereocenters. The molecule has 2 rings (SSSR count). The SMILES string of the molecule is COc1ccc(Cc2nc(C(=O)NCCN(C)C)cc(=O)[nH]2)cc1. The summed E-state index contributed by atoms with van der Waals surface area (Å²) in [5, 5.41) is 2.75. The molecule has 1 amide bonds. The molecule has 2 aromatic rings. The molecule has 1 aromatic carbocycles. The van der Waals surface area contributed by atoms with Crippen LogP contribution in [0.15, 0.2) is 35.1 Å². The first-order valence-corrected chi connectivity index (χ1v) is 7.64. The highest BCUT2D eigenvalue weighted by Gasteiger charge is 2.10. The molecule has 0 saturated carbocycles. The first-order chi connectivity index (χ1) is 11.5. The number of carbonyl (C=O) groups is 1. The summed E-state index contributed by atoms with van der Waals surface area (Å²) in [6, 6.07) is 8.67. The van der Waals surface area contributed by atoms with Gasteiger partial charge in [0.2, 0.25) is 0 Å². The molecule has 0 aliphatic heterocycles. The van der Waals surface area contributed by atoms with E-state index >= 15 is 0 Å². The lowest BCUT2D eigenvalue weighted by molar-refractivity contribution is 0.0945. The van der Waals surface area contributed by atoms with Crippen molar-refractivity contribution in [3.63, 3.8) is 0 Å². The van der Waals surface area contributed by atoms with Crippen LogP contribution in [0.5, 0.6) is 5.75 Å². The Kier molecular flexibility index (Phi) is 6.08. The summed E-state index contributed by atoms with van der Waals surface area (Å²) in [6.07, 6.45) is 0.429. The van der Waals surface area contributed by atoms with E-state index in [0.29, 0.717) is 25.3 Å². The van der Waals surface area contributed by atoms with Crippen LogP contribution < -0.4 is 15.6 Å². The normalized spacial score (nSPS) is 10.7. The minimum absolute atomic E-state index is 0.126. The molecule has 7 nitrogen and oxygen atoms in total. The fourth-order valence-corrected chi connectivity index (χ4v) is 2.13. The van der Waals surface area contributed by atoms with Gasteiger partial charge >= 0.3 is 0 Å². The number of nitrogens with zero attached hydrogens (tertiary/aromatic N) is 2. The predicted molar refractivity (Wildman–Crippen MR) is 91.5 cm³/mol. The van der Waals surface area contributed by atoms with Crippen LogP contribution in [0, 0.1) is 0 Å². The number of hydrogen-bond acceptors (Lipinski definition) is 5. The Morgan fingerprint density at radius 1 is 1.29 bits per heavy atom. The molecule has 24 heavy (non-hydrogen) atoms. The third kappa shape index (κ3) is 5.20. The first kappa shape index (κ1) is 17.7. The van der Waals surface area contributed by atoms with Crippen LogP contribution in [0.1, 0.15) is 21.9 Å². The van der Waals surface area contributed by atoms with Gasteiger partial charge in [-0.25, -0.2) is 4.98 Å². The van der Waals surface area contributed by atoms with Gasteiger partial charge in [0.15, 0.2) is 0 Å². The number of amides is 1. The Balaban J connectivity index is 2.09. The number of hydrogen-bond donors (Lipinski definition) is 2. The van der Waals surface area contributed by atoms with Crippen molar-refractivity contribution >= 4 is 5.91 Å². The van der Waals surface area contributed by atoms with Gasteiger partial charge < -0.3 is 19.9 Å². The van der Waals surface area contributed by atoms with Crippen molar-refractivity contribution in [1.82, 2.24) is 20.2 Å². The van der Waals surface area contributed by atoms with Gasteiger partial charge in [0.25, 0.3) is 11.5 Å². The Bertz CT molecular complexity index is 738. The molecule has 2 N–H and O–H groups in total. The molecule has 0 saturated heterocycles. The molecule has 0 spiro atoms. The van der Waals surface area contributed by atoms with Gasteiger partial charge in [-0.3, -0.25) is 9.59 Å². The van der Waals surface area contributed by atoms with E-state index in [1.807, 2.05) is 43.3 Å². The third-order valence-corrected chi connectivity index (χ3v) is 3.40. The maximum Gasteiger partial charge on any atom is 0.270 e. The highest BCUT2D eigenvalue weighted by Crippen LogP contribution is 2.13. The summed E-state index contributed by atoms with van der Waals surface area (Å²) >= 11 is 0. The number of benzene rings is 1. The highest BCUT2D eigenvalue weighted by molar-refractivity contribution is 5.92. The Labute approximate surface area is 140 Å². The summed E-state index contributed by atoms with van der Waals surface area (Å²) in [5.74, 6) is 0.860. The molecule has 0 fully saturated rings. The second-order valence-corrected chi connectivity index (χ2v) is 5.66. The summed E-state index contributed by atoms with van der Waals surface area (Å²) in [6.45, 7) is 1.21. The predicted octanol–water partition coefficient (Wildman–Crippen LogP) is 0.661. The highest BCUT2D eigenvalue weighted by atomic mass is 16.5. The van der Waals surface area contributed by atoms with Crippen molar-refractivity contribution in [3.8, 4) is 5.75 Å². The average Bonchev–Trinajstić information content (AvgIpc) is 2.54. The summed E-state index contributed by atoms with van der Waals surface area (Å²) < 4.78 is 5.11. The monoisotopic (exact) mass is 330 g/mol. The summed E-state index contributed by atoms with van der Waals surface area (Å²) in [5.41, 5.74) is 0.747. The van der Waals surface area contributed by atoms with Crippen LogP contribution in [-0.4, -0.2) is 55.1 Å². The lowest BCUT2D eigenvalue weighted by Crippen LogP contribution is -2.32. The minimum Gasteiger partial charge on any atom is -0.497 e. The van der Waals surface area contributed by atoms with Gasteiger partial charge in [-0.1, -0.05) is 12.1 Å². The van der Waals surface area contributed by atoms with E-state index in [1.165, 1.54) is 6.07 Å². The molecule has 0 unspecified atom stereocenters. The van der Waals surface area contributed by atoms with Crippen molar-refractivity contribution in [1.29, 1.82) is 0 Å². The van der Waals surface area contributed by atoms with Gasteiger partial charge in [0, 0.05) is 25.6 Å². The molecule has 1 heterocycles. The molecule has 128 valence electrons. The molecule has 0 radical (unpaired) electrons. The zero-order valence-electron chi connectivity index (χ0n) is 14.1. The second-order valence-electron chi connectivity index (χ2n) is 5.66. The largest absolute Gasteiger partial charge is 0.497 e. The van der Waals surface area contributed by atoms with Crippen molar-refractivity contribution in [2.24, 2.45) is 0 Å². The third-order valence-electron chi connectivity index (χ3n) is 3.40. The van der Waals surface area contributed by atoms with Crippen LogP contribution in [-0.2, 0) is 6.42 Å². The first-order valence-electron chi connectivity index (χ1n) is 7.64. The summed E-state index contributed by atoms with van der Waals surface area (Å²) in [4.78, 5) is 32.8. The van der Waals surface area contributed by atoms with Crippen molar-refractivity contribution in [2.45, 2.75) is 6.42 Å². The molecule has 1 aromatic heterocycles. The van der Waals surface area contributed by atoms with E-state index in [4.69, 9.17) is 4.74 Å². The number of aromatic nitrogens is 2. The number of rotatable bonds is 7. The van der Waals surface area contributed by atoms with E-state index < -0.39 is 0 Å². The molecule has 0 aliphatic rings.